The number of carbonyl (C=O) groups is 1. The summed E-state index contributed by atoms with van der Waals surface area (Å²) in [6, 6.07) is 7.72. The second-order valence-electron chi connectivity index (χ2n) is 7.94. The summed E-state index contributed by atoms with van der Waals surface area (Å²) in [6.45, 7) is 7.53. The van der Waals surface area contributed by atoms with E-state index in [0.29, 0.717) is 17.6 Å². The minimum atomic E-state index is -0.0949. The van der Waals surface area contributed by atoms with E-state index in [2.05, 4.69) is 14.9 Å². The van der Waals surface area contributed by atoms with Gasteiger partial charge in [-0.25, -0.2) is 4.68 Å². The van der Waals surface area contributed by atoms with E-state index in [1.807, 2.05) is 31.2 Å². The molecule has 1 aromatic heterocycles. The molecule has 0 bridgehead atoms. The van der Waals surface area contributed by atoms with Gasteiger partial charge in [0.15, 0.2) is 0 Å². The predicted octanol–water partition coefficient (Wildman–Crippen LogP) is 1.67. The third kappa shape index (κ3) is 4.36. The van der Waals surface area contributed by atoms with Crippen molar-refractivity contribution in [2.75, 3.05) is 39.4 Å². The fraction of sp³-hybridized carbons (Fsp3) is 0.591. The van der Waals surface area contributed by atoms with Gasteiger partial charge in [0.05, 0.1) is 30.7 Å². The second-order valence-corrected chi connectivity index (χ2v) is 7.94. The lowest BCUT2D eigenvalue weighted by atomic mass is 10.00. The van der Waals surface area contributed by atoms with Crippen LogP contribution in [0.3, 0.4) is 0 Å². The first-order chi connectivity index (χ1) is 14.2. The van der Waals surface area contributed by atoms with Crippen LogP contribution in [0.2, 0.25) is 0 Å². The molecule has 0 saturated carbocycles. The highest BCUT2D eigenvalue weighted by atomic mass is 16.5. The Balaban J connectivity index is 1.56. The van der Waals surface area contributed by atoms with Crippen LogP contribution in [-0.4, -0.2) is 70.9 Å². The van der Waals surface area contributed by atoms with Crippen molar-refractivity contribution in [1.29, 1.82) is 0 Å². The van der Waals surface area contributed by atoms with Crippen LogP contribution in [0.25, 0.3) is 10.8 Å². The Hall–Kier alpha value is -2.25. The molecule has 1 atom stereocenters. The molecule has 2 aliphatic heterocycles. The van der Waals surface area contributed by atoms with Crippen molar-refractivity contribution in [3.8, 4) is 0 Å². The fourth-order valence-electron chi connectivity index (χ4n) is 4.50. The highest BCUT2D eigenvalue weighted by molar-refractivity contribution is 5.88. The number of likely N-dealkylation sites (tertiary alicyclic amines) is 1. The number of aromatic nitrogens is 2. The van der Waals surface area contributed by atoms with Crippen molar-refractivity contribution in [2.24, 2.45) is 0 Å². The quantitative estimate of drug-likeness (QED) is 0.767. The van der Waals surface area contributed by atoms with Gasteiger partial charge in [-0.2, -0.15) is 5.10 Å². The van der Waals surface area contributed by atoms with Crippen LogP contribution in [-0.2, 0) is 22.5 Å². The molecule has 1 aromatic carbocycles. The van der Waals surface area contributed by atoms with E-state index in [4.69, 9.17) is 4.74 Å². The Kier molecular flexibility index (Phi) is 6.25. The summed E-state index contributed by atoms with van der Waals surface area (Å²) in [4.78, 5) is 30.3. The first kappa shape index (κ1) is 20.0. The molecule has 1 unspecified atom stereocenters. The van der Waals surface area contributed by atoms with E-state index < -0.39 is 0 Å². The van der Waals surface area contributed by atoms with Crippen LogP contribution in [0.15, 0.2) is 29.1 Å². The van der Waals surface area contributed by atoms with E-state index in [9.17, 15) is 9.59 Å². The summed E-state index contributed by atoms with van der Waals surface area (Å²) in [5, 5.41) is 5.95. The molecule has 4 rings (SSSR count). The van der Waals surface area contributed by atoms with Gasteiger partial charge in [-0.3, -0.25) is 14.5 Å². The maximum atomic E-state index is 13.3. The van der Waals surface area contributed by atoms with E-state index in [0.717, 1.165) is 57.6 Å². The number of carbonyl (C=O) groups excluding carboxylic acids is 1. The van der Waals surface area contributed by atoms with Gasteiger partial charge in [-0.15, -0.1) is 0 Å². The largest absolute Gasteiger partial charge is 0.379 e. The van der Waals surface area contributed by atoms with Crippen LogP contribution in [0.5, 0.6) is 0 Å². The molecule has 1 amide bonds. The third-order valence-corrected chi connectivity index (χ3v) is 6.08. The normalized spacial score (nSPS) is 20.9. The van der Waals surface area contributed by atoms with E-state index in [1.165, 1.54) is 11.1 Å². The number of rotatable bonds is 5. The van der Waals surface area contributed by atoms with Gasteiger partial charge in [-0.05, 0) is 32.3 Å². The van der Waals surface area contributed by atoms with Crippen molar-refractivity contribution >= 4 is 16.7 Å². The predicted molar refractivity (Wildman–Crippen MR) is 112 cm³/mol. The lowest BCUT2D eigenvalue weighted by molar-refractivity contribution is -0.135. The Morgan fingerprint density at radius 2 is 1.90 bits per heavy atom. The number of hydrogen-bond donors (Lipinski definition) is 0. The summed E-state index contributed by atoms with van der Waals surface area (Å²) in [6.07, 6.45) is 3.50. The average Bonchev–Trinajstić information content (AvgIpc) is 2.77. The Morgan fingerprint density at radius 1 is 1.14 bits per heavy atom. The number of nitrogens with zero attached hydrogens (tertiary/aromatic N) is 4. The van der Waals surface area contributed by atoms with Gasteiger partial charge in [0.25, 0.3) is 5.56 Å². The average molecular weight is 399 g/mol. The summed E-state index contributed by atoms with van der Waals surface area (Å²) in [5.74, 6) is 0.113. The molecule has 0 aliphatic carbocycles. The van der Waals surface area contributed by atoms with Crippen molar-refractivity contribution in [2.45, 2.75) is 45.2 Å². The summed E-state index contributed by atoms with van der Waals surface area (Å²) in [7, 11) is 0. The number of fused-ring (bicyclic) bond motifs is 1. The zero-order valence-electron chi connectivity index (χ0n) is 17.2. The van der Waals surface area contributed by atoms with Gasteiger partial charge >= 0.3 is 0 Å². The molecule has 156 valence electrons. The van der Waals surface area contributed by atoms with Gasteiger partial charge in [0.1, 0.15) is 0 Å². The molecule has 0 N–H and O–H groups in total. The number of aryl methyl sites for hydroxylation is 1. The smallest absolute Gasteiger partial charge is 0.274 e. The van der Waals surface area contributed by atoms with Crippen LogP contribution < -0.4 is 5.56 Å². The fourth-order valence-corrected chi connectivity index (χ4v) is 4.50. The minimum Gasteiger partial charge on any atom is -0.379 e. The Morgan fingerprint density at radius 3 is 2.66 bits per heavy atom. The number of hydrogen-bond acceptors (Lipinski definition) is 5. The molecule has 2 fully saturated rings. The van der Waals surface area contributed by atoms with Crippen LogP contribution in [0.4, 0.5) is 0 Å². The molecule has 7 heteroatoms. The number of ether oxygens (including phenoxy) is 1. The minimum absolute atomic E-state index is 0.0949. The van der Waals surface area contributed by atoms with Crippen LogP contribution in [0.1, 0.15) is 31.9 Å². The molecule has 3 heterocycles. The van der Waals surface area contributed by atoms with Crippen molar-refractivity contribution in [3.05, 3.63) is 40.3 Å². The number of morpholine rings is 1. The Labute approximate surface area is 171 Å². The number of piperidine rings is 1. The van der Waals surface area contributed by atoms with E-state index >= 15 is 0 Å². The van der Waals surface area contributed by atoms with Gasteiger partial charge in [0, 0.05) is 44.2 Å². The second kappa shape index (κ2) is 9.05. The van der Waals surface area contributed by atoms with Crippen LogP contribution >= 0.6 is 0 Å². The maximum Gasteiger partial charge on any atom is 0.274 e. The summed E-state index contributed by atoms with van der Waals surface area (Å²) in [5.41, 5.74) is 0.602. The van der Waals surface area contributed by atoms with Gasteiger partial charge in [0.2, 0.25) is 5.91 Å². The maximum absolute atomic E-state index is 13.3. The Bertz CT molecular complexity index is 920. The molecular formula is C22H30N4O3. The molecule has 7 nitrogen and oxygen atoms in total. The molecule has 2 saturated heterocycles. The first-order valence-electron chi connectivity index (χ1n) is 10.8. The molecule has 2 aromatic rings. The van der Waals surface area contributed by atoms with Crippen molar-refractivity contribution in [1.82, 2.24) is 19.6 Å². The molecule has 0 radical (unpaired) electrons. The first-order valence-corrected chi connectivity index (χ1v) is 10.8. The lowest BCUT2D eigenvalue weighted by Crippen LogP contribution is -2.51. The molecular weight excluding hydrogens is 368 g/mol. The standard InChI is InChI=1S/C22H30N4O3/c1-2-26-22(28)19-9-4-3-8-18(19)20(23-26)15-21(27)25-10-6-5-7-17(25)16-24-11-13-29-14-12-24/h3-4,8-9,17H,2,5-7,10-16H2,1H3. The van der Waals surface area contributed by atoms with Gasteiger partial charge < -0.3 is 9.64 Å². The zero-order valence-corrected chi connectivity index (χ0v) is 17.2. The summed E-state index contributed by atoms with van der Waals surface area (Å²) < 4.78 is 6.92. The molecule has 29 heavy (non-hydrogen) atoms. The lowest BCUT2D eigenvalue weighted by Gasteiger charge is -2.39. The molecule has 0 spiro atoms. The summed E-state index contributed by atoms with van der Waals surface area (Å²) >= 11 is 0. The number of benzene rings is 1. The van der Waals surface area contributed by atoms with E-state index in [-0.39, 0.29) is 23.9 Å². The zero-order chi connectivity index (χ0) is 20.2. The van der Waals surface area contributed by atoms with E-state index in [1.54, 1.807) is 0 Å². The monoisotopic (exact) mass is 398 g/mol. The SMILES string of the molecule is CCn1nc(CC(=O)N2CCCCC2CN2CCOCC2)c2ccccc2c1=O. The highest BCUT2D eigenvalue weighted by Gasteiger charge is 2.29. The third-order valence-electron chi connectivity index (χ3n) is 6.08. The van der Waals surface area contributed by atoms with Crippen LogP contribution in [0, 0.1) is 0 Å². The highest BCUT2D eigenvalue weighted by Crippen LogP contribution is 2.21. The van der Waals surface area contributed by atoms with Crippen molar-refractivity contribution in [3.63, 3.8) is 0 Å². The number of amides is 1. The van der Waals surface area contributed by atoms with Crippen molar-refractivity contribution < 1.29 is 9.53 Å². The topological polar surface area (TPSA) is 67.7 Å². The van der Waals surface area contributed by atoms with Gasteiger partial charge in [-0.1, -0.05) is 18.2 Å². The molecule has 2 aliphatic rings.